The standard InChI is InChI=1S/C23H31FN4OS/c1-25-23(27-15-19-7-8-22(24)13-21(19)17-30-2)26-14-18-5-3-4-6-20(18)16-28-9-11-29-12-10-28/h3-8,13H,9-12,14-17H2,1-2H3,(H2,25,26,27). The number of nitrogens with zero attached hydrogens (tertiary/aromatic N) is 2. The zero-order chi connectivity index (χ0) is 21.2. The van der Waals surface area contributed by atoms with E-state index < -0.39 is 0 Å². The Bertz CT molecular complexity index is 840. The average molecular weight is 431 g/mol. The van der Waals surface area contributed by atoms with E-state index in [0.29, 0.717) is 13.1 Å². The highest BCUT2D eigenvalue weighted by atomic mass is 32.2. The van der Waals surface area contributed by atoms with Gasteiger partial charge in [0.15, 0.2) is 5.96 Å². The lowest BCUT2D eigenvalue weighted by Crippen LogP contribution is -2.37. The SMILES string of the molecule is CN=C(NCc1ccc(F)cc1CSC)NCc1ccccc1CN1CCOCC1. The number of halogens is 1. The Hall–Kier alpha value is -2.09. The Morgan fingerprint density at radius 3 is 2.37 bits per heavy atom. The number of hydrogen-bond donors (Lipinski definition) is 2. The van der Waals surface area contributed by atoms with Gasteiger partial charge in [0.2, 0.25) is 0 Å². The van der Waals surface area contributed by atoms with Crippen LogP contribution in [0.5, 0.6) is 0 Å². The number of aliphatic imine (C=N–C) groups is 1. The van der Waals surface area contributed by atoms with Gasteiger partial charge in [-0.15, -0.1) is 0 Å². The van der Waals surface area contributed by atoms with Crippen molar-refractivity contribution >= 4 is 17.7 Å². The number of thioether (sulfide) groups is 1. The topological polar surface area (TPSA) is 48.9 Å². The van der Waals surface area contributed by atoms with Crippen LogP contribution in [0, 0.1) is 5.82 Å². The lowest BCUT2D eigenvalue weighted by atomic mass is 10.1. The van der Waals surface area contributed by atoms with E-state index in [1.807, 2.05) is 12.3 Å². The molecule has 0 atom stereocenters. The third kappa shape index (κ3) is 6.72. The van der Waals surface area contributed by atoms with E-state index in [1.165, 1.54) is 17.2 Å². The fourth-order valence-electron chi connectivity index (χ4n) is 3.52. The van der Waals surface area contributed by atoms with Crippen LogP contribution in [0.1, 0.15) is 22.3 Å². The summed E-state index contributed by atoms with van der Waals surface area (Å²) in [5, 5.41) is 6.77. The van der Waals surface area contributed by atoms with Crippen LogP contribution in [0.2, 0.25) is 0 Å². The van der Waals surface area contributed by atoms with Crippen LogP contribution in [0.25, 0.3) is 0 Å². The molecule has 0 aliphatic carbocycles. The molecule has 0 aromatic heterocycles. The summed E-state index contributed by atoms with van der Waals surface area (Å²) >= 11 is 1.69. The molecule has 0 saturated carbocycles. The molecule has 2 aromatic carbocycles. The molecule has 0 unspecified atom stereocenters. The third-order valence-electron chi connectivity index (χ3n) is 5.20. The second-order valence-corrected chi connectivity index (χ2v) is 8.15. The van der Waals surface area contributed by atoms with Crippen LogP contribution < -0.4 is 10.6 Å². The van der Waals surface area contributed by atoms with Crippen molar-refractivity contribution in [3.63, 3.8) is 0 Å². The largest absolute Gasteiger partial charge is 0.379 e. The van der Waals surface area contributed by atoms with Gasteiger partial charge in [-0.1, -0.05) is 30.3 Å². The molecular formula is C23H31FN4OS. The second kappa shape index (κ2) is 11.9. The number of rotatable bonds is 8. The summed E-state index contributed by atoms with van der Waals surface area (Å²) in [7, 11) is 1.77. The summed E-state index contributed by atoms with van der Waals surface area (Å²) in [6.07, 6.45) is 2.02. The summed E-state index contributed by atoms with van der Waals surface area (Å²) < 4.78 is 19.0. The number of nitrogens with one attached hydrogen (secondary N) is 2. The Morgan fingerprint density at radius 2 is 1.70 bits per heavy atom. The Labute approximate surface area is 183 Å². The molecule has 1 aliphatic heterocycles. The summed E-state index contributed by atoms with van der Waals surface area (Å²) in [5.41, 5.74) is 4.68. The van der Waals surface area contributed by atoms with Gasteiger partial charge in [-0.2, -0.15) is 11.8 Å². The van der Waals surface area contributed by atoms with E-state index in [9.17, 15) is 4.39 Å². The lowest BCUT2D eigenvalue weighted by molar-refractivity contribution is 0.0341. The number of morpholine rings is 1. The van der Waals surface area contributed by atoms with Crippen molar-refractivity contribution in [3.8, 4) is 0 Å². The number of hydrogen-bond acceptors (Lipinski definition) is 4. The fraction of sp³-hybridized carbons (Fsp3) is 0.435. The normalized spacial score (nSPS) is 15.2. The maximum Gasteiger partial charge on any atom is 0.191 e. The van der Waals surface area contributed by atoms with Crippen LogP contribution in [0.15, 0.2) is 47.5 Å². The predicted octanol–water partition coefficient (Wildman–Crippen LogP) is 3.39. The molecule has 1 saturated heterocycles. The van der Waals surface area contributed by atoms with Gasteiger partial charge < -0.3 is 15.4 Å². The molecule has 162 valence electrons. The van der Waals surface area contributed by atoms with E-state index in [1.54, 1.807) is 24.9 Å². The first-order chi connectivity index (χ1) is 14.7. The quantitative estimate of drug-likeness (QED) is 0.497. The molecule has 2 aromatic rings. The van der Waals surface area contributed by atoms with E-state index >= 15 is 0 Å². The molecule has 30 heavy (non-hydrogen) atoms. The summed E-state index contributed by atoms with van der Waals surface area (Å²) in [5.74, 6) is 1.33. The minimum atomic E-state index is -0.192. The van der Waals surface area contributed by atoms with Gasteiger partial charge in [0, 0.05) is 45.5 Å². The maximum absolute atomic E-state index is 13.6. The van der Waals surface area contributed by atoms with Gasteiger partial charge in [-0.3, -0.25) is 9.89 Å². The first-order valence-corrected chi connectivity index (χ1v) is 11.7. The number of guanidine groups is 1. The molecule has 1 heterocycles. The van der Waals surface area contributed by atoms with Crippen LogP contribution >= 0.6 is 11.8 Å². The van der Waals surface area contributed by atoms with Gasteiger partial charge in [0.05, 0.1) is 13.2 Å². The minimum Gasteiger partial charge on any atom is -0.379 e. The number of ether oxygens (including phenoxy) is 1. The molecular weight excluding hydrogens is 399 g/mol. The van der Waals surface area contributed by atoms with Crippen LogP contribution in [0.4, 0.5) is 4.39 Å². The van der Waals surface area contributed by atoms with E-state index in [4.69, 9.17) is 4.74 Å². The number of benzene rings is 2. The Morgan fingerprint density at radius 1 is 1.03 bits per heavy atom. The molecule has 7 heteroatoms. The first kappa shape index (κ1) is 22.6. The summed E-state index contributed by atoms with van der Waals surface area (Å²) in [6, 6.07) is 13.5. The summed E-state index contributed by atoms with van der Waals surface area (Å²) in [4.78, 5) is 6.77. The molecule has 1 aliphatic rings. The molecule has 0 radical (unpaired) electrons. The molecule has 3 rings (SSSR count). The van der Waals surface area contributed by atoms with Crippen molar-refractivity contribution in [1.82, 2.24) is 15.5 Å². The molecule has 0 bridgehead atoms. The molecule has 2 N–H and O–H groups in total. The first-order valence-electron chi connectivity index (χ1n) is 10.3. The van der Waals surface area contributed by atoms with Crippen LogP contribution in [-0.2, 0) is 30.1 Å². The van der Waals surface area contributed by atoms with Crippen molar-refractivity contribution in [2.24, 2.45) is 4.99 Å². The second-order valence-electron chi connectivity index (χ2n) is 7.28. The molecule has 5 nitrogen and oxygen atoms in total. The van der Waals surface area contributed by atoms with E-state index in [-0.39, 0.29) is 5.82 Å². The average Bonchev–Trinajstić information content (AvgIpc) is 2.77. The summed E-state index contributed by atoms with van der Waals surface area (Å²) in [6.45, 7) is 5.78. The van der Waals surface area contributed by atoms with Crippen molar-refractivity contribution in [3.05, 3.63) is 70.5 Å². The zero-order valence-electron chi connectivity index (χ0n) is 17.8. The zero-order valence-corrected chi connectivity index (χ0v) is 18.6. The van der Waals surface area contributed by atoms with Gasteiger partial charge in [-0.05, 0) is 40.6 Å². The molecule has 1 fully saturated rings. The molecule has 0 amide bonds. The van der Waals surface area contributed by atoms with Crippen molar-refractivity contribution in [2.45, 2.75) is 25.4 Å². The minimum absolute atomic E-state index is 0.192. The highest BCUT2D eigenvalue weighted by Crippen LogP contribution is 2.17. The van der Waals surface area contributed by atoms with Crippen molar-refractivity contribution < 1.29 is 9.13 Å². The smallest absolute Gasteiger partial charge is 0.191 e. The van der Waals surface area contributed by atoms with Crippen LogP contribution in [-0.4, -0.2) is 50.5 Å². The van der Waals surface area contributed by atoms with Gasteiger partial charge in [0.1, 0.15) is 5.82 Å². The Balaban J connectivity index is 1.57. The fourth-order valence-corrected chi connectivity index (χ4v) is 4.10. The van der Waals surface area contributed by atoms with Crippen LogP contribution in [0.3, 0.4) is 0 Å². The van der Waals surface area contributed by atoms with E-state index in [2.05, 4.69) is 44.8 Å². The third-order valence-corrected chi connectivity index (χ3v) is 5.80. The molecule has 0 spiro atoms. The van der Waals surface area contributed by atoms with E-state index in [0.717, 1.165) is 55.7 Å². The van der Waals surface area contributed by atoms with Gasteiger partial charge in [-0.25, -0.2) is 4.39 Å². The van der Waals surface area contributed by atoms with Crippen molar-refractivity contribution in [2.75, 3.05) is 39.6 Å². The highest BCUT2D eigenvalue weighted by Gasteiger charge is 2.13. The predicted molar refractivity (Wildman–Crippen MR) is 123 cm³/mol. The van der Waals surface area contributed by atoms with Gasteiger partial charge >= 0.3 is 0 Å². The monoisotopic (exact) mass is 430 g/mol. The highest BCUT2D eigenvalue weighted by molar-refractivity contribution is 7.97. The lowest BCUT2D eigenvalue weighted by Gasteiger charge is -2.27. The Kier molecular flexibility index (Phi) is 8.99. The van der Waals surface area contributed by atoms with Gasteiger partial charge in [0.25, 0.3) is 0 Å². The van der Waals surface area contributed by atoms with Crippen molar-refractivity contribution in [1.29, 1.82) is 0 Å². The maximum atomic E-state index is 13.6.